The quantitative estimate of drug-likeness (QED) is 0.491. The number of aryl methyl sites for hydroxylation is 2. The van der Waals surface area contributed by atoms with Gasteiger partial charge in [-0.3, -0.25) is 9.36 Å². The summed E-state index contributed by atoms with van der Waals surface area (Å²) in [6.45, 7) is 2.03. The fourth-order valence-electron chi connectivity index (χ4n) is 2.74. The highest BCUT2D eigenvalue weighted by Gasteiger charge is 2.12. The topological polar surface area (TPSA) is 103 Å². The van der Waals surface area contributed by atoms with E-state index in [2.05, 4.69) is 31.0 Å². The molecule has 4 rings (SSSR count). The van der Waals surface area contributed by atoms with E-state index in [4.69, 9.17) is 0 Å². The van der Waals surface area contributed by atoms with Crippen molar-refractivity contribution in [1.29, 1.82) is 0 Å². The van der Waals surface area contributed by atoms with Gasteiger partial charge in [-0.1, -0.05) is 41.6 Å². The second kappa shape index (κ2) is 8.23. The molecule has 2 aromatic carbocycles. The summed E-state index contributed by atoms with van der Waals surface area (Å²) in [7, 11) is 1.77. The van der Waals surface area contributed by atoms with Crippen LogP contribution in [-0.2, 0) is 11.8 Å². The van der Waals surface area contributed by atoms with Gasteiger partial charge in [-0.15, -0.1) is 15.3 Å². The number of hydrogen-bond acceptors (Lipinski definition) is 7. The lowest BCUT2D eigenvalue weighted by Crippen LogP contribution is -2.14. The van der Waals surface area contributed by atoms with Gasteiger partial charge < -0.3 is 5.32 Å². The van der Waals surface area contributed by atoms with Crippen molar-refractivity contribution in [3.05, 3.63) is 60.4 Å². The van der Waals surface area contributed by atoms with Crippen LogP contribution in [0.15, 0.2) is 60.0 Å². The molecule has 0 spiro atoms. The molecule has 0 atom stereocenters. The Kier molecular flexibility index (Phi) is 5.34. The van der Waals surface area contributed by atoms with E-state index in [1.54, 1.807) is 18.1 Å². The van der Waals surface area contributed by atoms with Gasteiger partial charge in [0, 0.05) is 24.0 Å². The van der Waals surface area contributed by atoms with Gasteiger partial charge in [0.1, 0.15) is 6.33 Å². The molecule has 0 saturated carbocycles. The first-order valence-electron chi connectivity index (χ1n) is 8.82. The van der Waals surface area contributed by atoms with E-state index in [-0.39, 0.29) is 11.7 Å². The van der Waals surface area contributed by atoms with Gasteiger partial charge in [-0.2, -0.15) is 0 Å². The molecule has 0 aliphatic carbocycles. The molecule has 0 aliphatic rings. The highest BCUT2D eigenvalue weighted by atomic mass is 32.2. The fourth-order valence-corrected chi connectivity index (χ4v) is 3.47. The number of carbonyl (C=O) groups excluding carboxylic acids is 1. The molecule has 146 valence electrons. The summed E-state index contributed by atoms with van der Waals surface area (Å²) in [5.41, 5.74) is 3.63. The van der Waals surface area contributed by atoms with E-state index in [0.29, 0.717) is 16.7 Å². The zero-order valence-corrected chi connectivity index (χ0v) is 16.7. The summed E-state index contributed by atoms with van der Waals surface area (Å²) in [6.07, 6.45) is 1.64. The SMILES string of the molecule is Cc1ccc(-n2cnnc2SCC(=O)Nc2cccc(-c3nnnn3C)c2)cc1. The van der Waals surface area contributed by atoms with Crippen LogP contribution in [0.3, 0.4) is 0 Å². The maximum absolute atomic E-state index is 12.4. The Balaban J connectivity index is 1.41. The van der Waals surface area contributed by atoms with Gasteiger partial charge in [0.25, 0.3) is 0 Å². The molecule has 9 nitrogen and oxygen atoms in total. The van der Waals surface area contributed by atoms with Gasteiger partial charge in [0.15, 0.2) is 11.0 Å². The van der Waals surface area contributed by atoms with Gasteiger partial charge >= 0.3 is 0 Å². The Morgan fingerprint density at radius 3 is 2.72 bits per heavy atom. The normalized spacial score (nSPS) is 10.8. The number of benzene rings is 2. The summed E-state index contributed by atoms with van der Waals surface area (Å²) in [5, 5.41) is 23.1. The van der Waals surface area contributed by atoms with E-state index >= 15 is 0 Å². The number of nitrogens with zero attached hydrogens (tertiary/aromatic N) is 7. The summed E-state index contributed by atoms with van der Waals surface area (Å²) in [4.78, 5) is 12.4. The molecule has 2 heterocycles. The van der Waals surface area contributed by atoms with Crippen molar-refractivity contribution in [2.75, 3.05) is 11.1 Å². The lowest BCUT2D eigenvalue weighted by molar-refractivity contribution is -0.113. The second-order valence-electron chi connectivity index (χ2n) is 6.36. The summed E-state index contributed by atoms with van der Waals surface area (Å²) >= 11 is 1.33. The van der Waals surface area contributed by atoms with Gasteiger partial charge in [-0.25, -0.2) is 4.68 Å². The monoisotopic (exact) mass is 406 g/mol. The van der Waals surface area contributed by atoms with E-state index in [1.165, 1.54) is 17.3 Å². The Bertz CT molecular complexity index is 1140. The van der Waals surface area contributed by atoms with Crippen LogP contribution in [0, 0.1) is 6.92 Å². The number of thioether (sulfide) groups is 1. The summed E-state index contributed by atoms with van der Waals surface area (Å²) < 4.78 is 3.44. The van der Waals surface area contributed by atoms with Crippen molar-refractivity contribution < 1.29 is 4.79 Å². The average molecular weight is 406 g/mol. The predicted octanol–water partition coefficient (Wildman–Crippen LogP) is 2.50. The second-order valence-corrected chi connectivity index (χ2v) is 7.31. The van der Waals surface area contributed by atoms with Crippen LogP contribution in [0.25, 0.3) is 17.1 Å². The minimum Gasteiger partial charge on any atom is -0.325 e. The van der Waals surface area contributed by atoms with Crippen LogP contribution in [0.5, 0.6) is 0 Å². The standard InChI is InChI=1S/C19H18N8OS/c1-13-6-8-16(9-7-13)27-12-20-23-19(27)29-11-17(28)21-15-5-3-4-14(10-15)18-22-24-25-26(18)2/h3-10,12H,11H2,1-2H3,(H,21,28). The third-order valence-corrected chi connectivity index (χ3v) is 5.13. The molecule has 0 aliphatic heterocycles. The van der Waals surface area contributed by atoms with Gasteiger partial charge in [0.2, 0.25) is 5.91 Å². The van der Waals surface area contributed by atoms with Crippen LogP contribution >= 0.6 is 11.8 Å². The van der Waals surface area contributed by atoms with Gasteiger partial charge in [0.05, 0.1) is 5.75 Å². The zero-order valence-electron chi connectivity index (χ0n) is 15.9. The van der Waals surface area contributed by atoms with Crippen LogP contribution in [0.2, 0.25) is 0 Å². The number of carbonyl (C=O) groups is 1. The molecule has 0 radical (unpaired) electrons. The van der Waals surface area contributed by atoms with E-state index in [1.807, 2.05) is 60.0 Å². The predicted molar refractivity (Wildman–Crippen MR) is 110 cm³/mol. The smallest absolute Gasteiger partial charge is 0.234 e. The zero-order chi connectivity index (χ0) is 20.2. The molecule has 29 heavy (non-hydrogen) atoms. The van der Waals surface area contributed by atoms with Crippen LogP contribution in [0.4, 0.5) is 5.69 Å². The summed E-state index contributed by atoms with van der Waals surface area (Å²) in [6, 6.07) is 15.4. The molecular weight excluding hydrogens is 388 g/mol. The first-order valence-corrected chi connectivity index (χ1v) is 9.81. The third-order valence-electron chi connectivity index (χ3n) is 4.19. The number of tetrazole rings is 1. The number of hydrogen-bond donors (Lipinski definition) is 1. The number of amides is 1. The Morgan fingerprint density at radius 1 is 1.14 bits per heavy atom. The molecule has 0 saturated heterocycles. The van der Waals surface area contributed by atoms with E-state index in [0.717, 1.165) is 11.3 Å². The van der Waals surface area contributed by atoms with Crippen molar-refractivity contribution in [2.45, 2.75) is 12.1 Å². The fraction of sp³-hybridized carbons (Fsp3) is 0.158. The lowest BCUT2D eigenvalue weighted by atomic mass is 10.2. The average Bonchev–Trinajstić information content (AvgIpc) is 3.36. The van der Waals surface area contributed by atoms with E-state index < -0.39 is 0 Å². The highest BCUT2D eigenvalue weighted by molar-refractivity contribution is 7.99. The largest absolute Gasteiger partial charge is 0.325 e. The molecule has 4 aromatic rings. The minimum atomic E-state index is -0.137. The van der Waals surface area contributed by atoms with Crippen LogP contribution < -0.4 is 5.32 Å². The highest BCUT2D eigenvalue weighted by Crippen LogP contribution is 2.22. The maximum Gasteiger partial charge on any atom is 0.234 e. The molecule has 0 fully saturated rings. The number of aromatic nitrogens is 7. The minimum absolute atomic E-state index is 0.137. The van der Waals surface area contributed by atoms with Crippen molar-refractivity contribution in [3.63, 3.8) is 0 Å². The van der Waals surface area contributed by atoms with Crippen molar-refractivity contribution in [3.8, 4) is 17.1 Å². The molecular formula is C19H18N8OS. The summed E-state index contributed by atoms with van der Waals surface area (Å²) in [5.74, 6) is 0.698. The molecule has 1 N–H and O–H groups in total. The number of rotatable bonds is 6. The molecule has 0 unspecified atom stereocenters. The molecule has 0 bridgehead atoms. The Hall–Kier alpha value is -3.53. The Morgan fingerprint density at radius 2 is 1.97 bits per heavy atom. The molecule has 2 aromatic heterocycles. The maximum atomic E-state index is 12.4. The van der Waals surface area contributed by atoms with Crippen molar-refractivity contribution >= 4 is 23.4 Å². The van der Waals surface area contributed by atoms with Crippen molar-refractivity contribution in [1.82, 2.24) is 35.0 Å². The Labute approximate surface area is 171 Å². The number of anilines is 1. The molecule has 10 heteroatoms. The van der Waals surface area contributed by atoms with E-state index in [9.17, 15) is 4.79 Å². The van der Waals surface area contributed by atoms with Crippen molar-refractivity contribution in [2.24, 2.45) is 7.05 Å². The third kappa shape index (κ3) is 4.32. The first-order chi connectivity index (χ1) is 14.1. The van der Waals surface area contributed by atoms with Crippen LogP contribution in [0.1, 0.15) is 5.56 Å². The van der Waals surface area contributed by atoms with Crippen LogP contribution in [-0.4, -0.2) is 46.6 Å². The molecule has 1 amide bonds. The van der Waals surface area contributed by atoms with Gasteiger partial charge in [-0.05, 0) is 41.6 Å². The number of nitrogens with one attached hydrogen (secondary N) is 1. The first kappa shape index (κ1) is 18.8. The lowest BCUT2D eigenvalue weighted by Gasteiger charge is -2.08.